The molecule has 0 aromatic heterocycles. The predicted octanol–water partition coefficient (Wildman–Crippen LogP) is 2.14. The molecule has 0 bridgehead atoms. The molecule has 1 atom stereocenters. The molecule has 1 aromatic rings. The lowest BCUT2D eigenvalue weighted by atomic mass is 9.91. The van der Waals surface area contributed by atoms with Crippen LogP contribution in [-0.2, 0) is 4.79 Å². The molecule has 0 amide bonds. The fourth-order valence-corrected chi connectivity index (χ4v) is 1.96. The van der Waals surface area contributed by atoms with E-state index in [2.05, 4.69) is 5.32 Å². The summed E-state index contributed by atoms with van der Waals surface area (Å²) in [5, 5.41) is 3.26. The number of hydrogen-bond acceptors (Lipinski definition) is 2. The van der Waals surface area contributed by atoms with Gasteiger partial charge in [0.25, 0.3) is 0 Å². The smallest absolute Gasteiger partial charge is 0.141 e. The van der Waals surface area contributed by atoms with E-state index in [4.69, 9.17) is 0 Å². The topological polar surface area (TPSA) is 29.1 Å². The van der Waals surface area contributed by atoms with Crippen LogP contribution >= 0.6 is 12.4 Å². The van der Waals surface area contributed by atoms with Crippen LogP contribution in [0.25, 0.3) is 0 Å². The molecule has 0 saturated carbocycles. The molecule has 1 N–H and O–H groups in total. The highest BCUT2D eigenvalue weighted by Crippen LogP contribution is 2.22. The van der Waals surface area contributed by atoms with E-state index >= 15 is 0 Å². The van der Waals surface area contributed by atoms with Crippen molar-refractivity contribution in [3.05, 3.63) is 35.9 Å². The Bertz CT molecular complexity index is 313. The van der Waals surface area contributed by atoms with Gasteiger partial charge in [0.2, 0.25) is 0 Å². The molecule has 1 aromatic carbocycles. The number of Topliss-reactive ketones (excluding diaryl/α,β-unsaturated/α-hetero) is 1. The lowest BCUT2D eigenvalue weighted by Gasteiger charge is -2.12. The maximum Gasteiger partial charge on any atom is 0.141 e. The zero-order valence-electron chi connectivity index (χ0n) is 8.61. The molecule has 1 fully saturated rings. The number of hydrogen-bond donors (Lipinski definition) is 1. The van der Waals surface area contributed by atoms with E-state index in [1.807, 2.05) is 30.3 Å². The Kier molecular flexibility index (Phi) is 4.79. The summed E-state index contributed by atoms with van der Waals surface area (Å²) in [4.78, 5) is 11.8. The molecule has 0 aliphatic carbocycles. The number of carbonyl (C=O) groups excluding carboxylic acids is 1. The lowest BCUT2D eigenvalue weighted by Crippen LogP contribution is -2.13. The van der Waals surface area contributed by atoms with Gasteiger partial charge in [0.05, 0.1) is 0 Å². The molecular weight excluding hydrogens is 210 g/mol. The van der Waals surface area contributed by atoms with Crippen molar-refractivity contribution in [1.29, 1.82) is 0 Å². The standard InChI is InChI=1S/C12H15NO.ClH/c14-12-7-9-13-8-6-11(12)10-4-2-1-3-5-10;/h1-5,11,13H,6-9H2;1H. The van der Waals surface area contributed by atoms with Gasteiger partial charge in [-0.15, -0.1) is 12.4 Å². The first-order valence-corrected chi connectivity index (χ1v) is 5.16. The monoisotopic (exact) mass is 225 g/mol. The first-order chi connectivity index (χ1) is 6.88. The van der Waals surface area contributed by atoms with Crippen molar-refractivity contribution in [3.8, 4) is 0 Å². The van der Waals surface area contributed by atoms with Gasteiger partial charge in [0.1, 0.15) is 5.78 Å². The SMILES string of the molecule is Cl.O=C1CCNCCC1c1ccccc1. The van der Waals surface area contributed by atoms with Crippen LogP contribution in [0.5, 0.6) is 0 Å². The quantitative estimate of drug-likeness (QED) is 0.794. The first kappa shape index (κ1) is 12.2. The van der Waals surface area contributed by atoms with Crippen molar-refractivity contribution in [3.63, 3.8) is 0 Å². The third kappa shape index (κ3) is 3.05. The van der Waals surface area contributed by atoms with Gasteiger partial charge < -0.3 is 5.32 Å². The Morgan fingerprint density at radius 1 is 1.13 bits per heavy atom. The van der Waals surface area contributed by atoms with Gasteiger partial charge in [-0.1, -0.05) is 30.3 Å². The van der Waals surface area contributed by atoms with E-state index < -0.39 is 0 Å². The summed E-state index contributed by atoms with van der Waals surface area (Å²) in [5.41, 5.74) is 1.17. The lowest BCUT2D eigenvalue weighted by molar-refractivity contribution is -0.120. The van der Waals surface area contributed by atoms with E-state index in [9.17, 15) is 4.79 Å². The van der Waals surface area contributed by atoms with Crippen LogP contribution in [0.15, 0.2) is 30.3 Å². The average Bonchev–Trinajstić information content (AvgIpc) is 2.44. The van der Waals surface area contributed by atoms with E-state index in [0.717, 1.165) is 19.5 Å². The second kappa shape index (κ2) is 5.89. The third-order valence-corrected chi connectivity index (χ3v) is 2.75. The van der Waals surface area contributed by atoms with Crippen LogP contribution < -0.4 is 5.32 Å². The molecular formula is C12H16ClNO. The molecule has 15 heavy (non-hydrogen) atoms. The van der Waals surface area contributed by atoms with E-state index in [-0.39, 0.29) is 18.3 Å². The van der Waals surface area contributed by atoms with Crippen molar-refractivity contribution in [2.24, 2.45) is 0 Å². The summed E-state index contributed by atoms with van der Waals surface area (Å²) < 4.78 is 0. The largest absolute Gasteiger partial charge is 0.316 e. The van der Waals surface area contributed by atoms with Gasteiger partial charge in [-0.05, 0) is 18.5 Å². The van der Waals surface area contributed by atoms with Crippen molar-refractivity contribution in [1.82, 2.24) is 5.32 Å². The number of benzene rings is 1. The highest BCUT2D eigenvalue weighted by molar-refractivity contribution is 5.86. The van der Waals surface area contributed by atoms with Crippen molar-refractivity contribution in [2.75, 3.05) is 13.1 Å². The molecule has 1 aliphatic rings. The number of rotatable bonds is 1. The zero-order chi connectivity index (χ0) is 9.80. The van der Waals surface area contributed by atoms with E-state index in [1.165, 1.54) is 5.56 Å². The number of ketones is 1. The normalized spacial score (nSPS) is 21.6. The van der Waals surface area contributed by atoms with E-state index in [0.29, 0.717) is 12.2 Å². The van der Waals surface area contributed by atoms with Gasteiger partial charge in [-0.2, -0.15) is 0 Å². The van der Waals surface area contributed by atoms with Crippen molar-refractivity contribution < 1.29 is 4.79 Å². The fraction of sp³-hybridized carbons (Fsp3) is 0.417. The van der Waals surface area contributed by atoms with Gasteiger partial charge in [-0.3, -0.25) is 4.79 Å². The molecule has 2 nitrogen and oxygen atoms in total. The zero-order valence-corrected chi connectivity index (χ0v) is 9.43. The molecule has 1 saturated heterocycles. The second-order valence-electron chi connectivity index (χ2n) is 3.72. The highest BCUT2D eigenvalue weighted by Gasteiger charge is 2.21. The Labute approximate surface area is 96.5 Å². The molecule has 1 heterocycles. The van der Waals surface area contributed by atoms with Crippen LogP contribution in [0.4, 0.5) is 0 Å². The van der Waals surface area contributed by atoms with E-state index in [1.54, 1.807) is 0 Å². The summed E-state index contributed by atoms with van der Waals surface area (Å²) >= 11 is 0. The number of carbonyl (C=O) groups is 1. The summed E-state index contributed by atoms with van der Waals surface area (Å²) in [6.07, 6.45) is 1.60. The van der Waals surface area contributed by atoms with Crippen LogP contribution in [-0.4, -0.2) is 18.9 Å². The summed E-state index contributed by atoms with van der Waals surface area (Å²) in [6.45, 7) is 1.79. The Hall–Kier alpha value is -0.860. The van der Waals surface area contributed by atoms with Crippen LogP contribution in [0, 0.1) is 0 Å². The van der Waals surface area contributed by atoms with Gasteiger partial charge in [-0.25, -0.2) is 0 Å². The minimum atomic E-state index is 0. The minimum absolute atomic E-state index is 0. The first-order valence-electron chi connectivity index (χ1n) is 5.16. The highest BCUT2D eigenvalue weighted by atomic mass is 35.5. The summed E-state index contributed by atoms with van der Waals surface area (Å²) in [6, 6.07) is 10.1. The summed E-state index contributed by atoms with van der Waals surface area (Å²) in [7, 11) is 0. The Morgan fingerprint density at radius 2 is 1.87 bits per heavy atom. The summed E-state index contributed by atoms with van der Waals surface area (Å²) in [5.74, 6) is 0.493. The number of nitrogens with one attached hydrogen (secondary N) is 1. The van der Waals surface area contributed by atoms with Crippen LogP contribution in [0.1, 0.15) is 24.3 Å². The molecule has 82 valence electrons. The Morgan fingerprint density at radius 3 is 2.60 bits per heavy atom. The third-order valence-electron chi connectivity index (χ3n) is 2.75. The Balaban J connectivity index is 0.00000112. The number of halogens is 1. The molecule has 2 rings (SSSR count). The maximum atomic E-state index is 11.8. The molecule has 1 unspecified atom stereocenters. The fourth-order valence-electron chi connectivity index (χ4n) is 1.96. The predicted molar refractivity (Wildman–Crippen MR) is 63.5 cm³/mol. The van der Waals surface area contributed by atoms with Crippen molar-refractivity contribution >= 4 is 18.2 Å². The van der Waals surface area contributed by atoms with Crippen molar-refractivity contribution in [2.45, 2.75) is 18.8 Å². The van der Waals surface area contributed by atoms with Gasteiger partial charge in [0, 0.05) is 18.9 Å². The molecule has 1 aliphatic heterocycles. The molecule has 0 spiro atoms. The maximum absolute atomic E-state index is 11.8. The van der Waals surface area contributed by atoms with Gasteiger partial charge in [0.15, 0.2) is 0 Å². The van der Waals surface area contributed by atoms with Crippen LogP contribution in [0.3, 0.4) is 0 Å². The van der Waals surface area contributed by atoms with Gasteiger partial charge >= 0.3 is 0 Å². The second-order valence-corrected chi connectivity index (χ2v) is 3.72. The molecule has 0 radical (unpaired) electrons. The molecule has 3 heteroatoms. The minimum Gasteiger partial charge on any atom is -0.316 e. The van der Waals surface area contributed by atoms with Crippen LogP contribution in [0.2, 0.25) is 0 Å². The average molecular weight is 226 g/mol.